The Morgan fingerprint density at radius 2 is 1.50 bits per heavy atom. The number of hydrogen-bond donors (Lipinski definition) is 0. The molecule has 0 aromatic heterocycles. The predicted octanol–water partition coefficient (Wildman–Crippen LogP) is 4.74. The van der Waals surface area contributed by atoms with Crippen LogP contribution in [0.4, 0.5) is 0 Å². The molecule has 1 nitrogen and oxygen atoms in total. The first kappa shape index (κ1) is 14.5. The molecule has 2 aromatic rings. The Hall–Kier alpha value is -1.86. The summed E-state index contributed by atoms with van der Waals surface area (Å²) in [4.78, 5) is 0. The van der Waals surface area contributed by atoms with E-state index in [4.69, 9.17) is 4.74 Å². The Labute approximate surface area is 121 Å². The van der Waals surface area contributed by atoms with Crippen LogP contribution in [0.3, 0.4) is 0 Å². The van der Waals surface area contributed by atoms with Crippen LogP contribution >= 0.6 is 0 Å². The molecule has 1 heteroatoms. The third-order valence-electron chi connectivity index (χ3n) is 3.17. The van der Waals surface area contributed by atoms with E-state index in [1.807, 2.05) is 18.2 Å². The highest BCUT2D eigenvalue weighted by atomic mass is 16.5. The fourth-order valence-electron chi connectivity index (χ4n) is 2.08. The Kier molecular flexibility index (Phi) is 6.63. The molecule has 0 bridgehead atoms. The van der Waals surface area contributed by atoms with Crippen molar-refractivity contribution in [2.75, 3.05) is 13.2 Å². The molecule has 2 rings (SSSR count). The van der Waals surface area contributed by atoms with Gasteiger partial charge < -0.3 is 4.74 Å². The lowest BCUT2D eigenvalue weighted by Gasteiger charge is -2.02. The molecule has 20 heavy (non-hydrogen) atoms. The van der Waals surface area contributed by atoms with Crippen LogP contribution in [0, 0.1) is 0 Å². The maximum atomic E-state index is 5.61. The Bertz CT molecular complexity index is 488. The second-order valence-corrected chi connectivity index (χ2v) is 4.83. The second kappa shape index (κ2) is 9.11. The maximum Gasteiger partial charge on any atom is 0.0650 e. The molecule has 0 unspecified atom stereocenters. The van der Waals surface area contributed by atoms with Gasteiger partial charge in [-0.05, 0) is 30.4 Å². The first-order valence-corrected chi connectivity index (χ1v) is 7.28. The molecule has 0 heterocycles. The van der Waals surface area contributed by atoms with Crippen LogP contribution in [0.15, 0.2) is 66.7 Å². The van der Waals surface area contributed by atoms with Crippen molar-refractivity contribution >= 4 is 6.08 Å². The van der Waals surface area contributed by atoms with Crippen molar-refractivity contribution in [1.29, 1.82) is 0 Å². The van der Waals surface area contributed by atoms with Gasteiger partial charge in [0.05, 0.1) is 6.61 Å². The quantitative estimate of drug-likeness (QED) is 0.627. The number of benzene rings is 2. The minimum atomic E-state index is 0.695. The van der Waals surface area contributed by atoms with Crippen molar-refractivity contribution in [3.63, 3.8) is 0 Å². The molecule has 0 N–H and O–H groups in total. The summed E-state index contributed by atoms with van der Waals surface area (Å²) in [5.74, 6) is 0. The molecule has 0 saturated heterocycles. The van der Waals surface area contributed by atoms with E-state index in [2.05, 4.69) is 54.6 Å². The van der Waals surface area contributed by atoms with E-state index in [0.717, 1.165) is 19.4 Å². The molecule has 0 spiro atoms. The van der Waals surface area contributed by atoms with E-state index in [1.54, 1.807) is 0 Å². The minimum absolute atomic E-state index is 0.695. The number of hydrogen-bond acceptors (Lipinski definition) is 1. The molecule has 0 atom stereocenters. The number of aryl methyl sites for hydroxylation is 1. The van der Waals surface area contributed by atoms with E-state index in [0.29, 0.717) is 6.61 Å². The summed E-state index contributed by atoms with van der Waals surface area (Å²) in [5, 5.41) is 0. The van der Waals surface area contributed by atoms with Crippen LogP contribution in [0.25, 0.3) is 6.08 Å². The van der Waals surface area contributed by atoms with Gasteiger partial charge in [-0.15, -0.1) is 0 Å². The third-order valence-corrected chi connectivity index (χ3v) is 3.17. The lowest BCUT2D eigenvalue weighted by molar-refractivity contribution is 0.158. The summed E-state index contributed by atoms with van der Waals surface area (Å²) in [5.41, 5.74) is 2.64. The van der Waals surface area contributed by atoms with Gasteiger partial charge >= 0.3 is 0 Å². The highest BCUT2D eigenvalue weighted by Crippen LogP contribution is 2.05. The Morgan fingerprint density at radius 1 is 0.800 bits per heavy atom. The molecule has 0 amide bonds. The van der Waals surface area contributed by atoms with Gasteiger partial charge in [0.1, 0.15) is 0 Å². The average molecular weight is 266 g/mol. The van der Waals surface area contributed by atoms with Crippen molar-refractivity contribution < 1.29 is 4.74 Å². The molecule has 0 aliphatic heterocycles. The highest BCUT2D eigenvalue weighted by molar-refractivity contribution is 5.48. The highest BCUT2D eigenvalue weighted by Gasteiger charge is 1.92. The first-order valence-electron chi connectivity index (χ1n) is 7.28. The lowest BCUT2D eigenvalue weighted by atomic mass is 10.1. The SMILES string of the molecule is C(=C\c1ccccc1)/COCCCCc1ccccc1. The van der Waals surface area contributed by atoms with Gasteiger partial charge in [-0.2, -0.15) is 0 Å². The van der Waals surface area contributed by atoms with E-state index in [9.17, 15) is 0 Å². The fraction of sp³-hybridized carbons (Fsp3) is 0.263. The summed E-state index contributed by atoms with van der Waals surface area (Å²) in [6.45, 7) is 1.53. The van der Waals surface area contributed by atoms with Crippen LogP contribution in [0.1, 0.15) is 24.0 Å². The van der Waals surface area contributed by atoms with Crippen LogP contribution in [-0.4, -0.2) is 13.2 Å². The van der Waals surface area contributed by atoms with Crippen molar-refractivity contribution in [1.82, 2.24) is 0 Å². The topological polar surface area (TPSA) is 9.23 Å². The average Bonchev–Trinajstić information content (AvgIpc) is 2.52. The zero-order chi connectivity index (χ0) is 13.9. The molecule has 0 aliphatic carbocycles. The summed E-state index contributed by atoms with van der Waals surface area (Å²) in [6, 6.07) is 20.9. The van der Waals surface area contributed by atoms with Crippen molar-refractivity contribution in [2.45, 2.75) is 19.3 Å². The Balaban J connectivity index is 1.51. The largest absolute Gasteiger partial charge is 0.377 e. The van der Waals surface area contributed by atoms with Crippen molar-refractivity contribution in [3.05, 3.63) is 77.9 Å². The molecular weight excluding hydrogens is 244 g/mol. The summed E-state index contributed by atoms with van der Waals surface area (Å²) in [7, 11) is 0. The van der Waals surface area contributed by atoms with Gasteiger partial charge in [0, 0.05) is 6.61 Å². The van der Waals surface area contributed by atoms with E-state index >= 15 is 0 Å². The second-order valence-electron chi connectivity index (χ2n) is 4.83. The number of unbranched alkanes of at least 4 members (excludes halogenated alkanes) is 1. The van der Waals surface area contributed by atoms with Crippen LogP contribution in [-0.2, 0) is 11.2 Å². The smallest absolute Gasteiger partial charge is 0.0650 e. The normalized spacial score (nSPS) is 11.0. The van der Waals surface area contributed by atoms with Gasteiger partial charge in [0.25, 0.3) is 0 Å². The zero-order valence-corrected chi connectivity index (χ0v) is 11.9. The minimum Gasteiger partial charge on any atom is -0.377 e. The monoisotopic (exact) mass is 266 g/mol. The first-order chi connectivity index (χ1) is 9.95. The third kappa shape index (κ3) is 5.85. The molecule has 0 aliphatic rings. The Morgan fingerprint density at radius 3 is 2.25 bits per heavy atom. The number of rotatable bonds is 8. The molecular formula is C19H22O. The van der Waals surface area contributed by atoms with Gasteiger partial charge in [-0.3, -0.25) is 0 Å². The van der Waals surface area contributed by atoms with Crippen molar-refractivity contribution in [2.24, 2.45) is 0 Å². The van der Waals surface area contributed by atoms with Gasteiger partial charge in [0.15, 0.2) is 0 Å². The van der Waals surface area contributed by atoms with Gasteiger partial charge in [-0.25, -0.2) is 0 Å². The van der Waals surface area contributed by atoms with Crippen molar-refractivity contribution in [3.8, 4) is 0 Å². The molecule has 0 saturated carbocycles. The lowest BCUT2D eigenvalue weighted by Crippen LogP contribution is -1.95. The van der Waals surface area contributed by atoms with Crippen LogP contribution < -0.4 is 0 Å². The van der Waals surface area contributed by atoms with Crippen LogP contribution in [0.5, 0.6) is 0 Å². The summed E-state index contributed by atoms with van der Waals surface area (Å²) in [6.07, 6.45) is 7.63. The maximum absolute atomic E-state index is 5.61. The summed E-state index contributed by atoms with van der Waals surface area (Å²) >= 11 is 0. The van der Waals surface area contributed by atoms with Gasteiger partial charge in [0.2, 0.25) is 0 Å². The van der Waals surface area contributed by atoms with E-state index in [-0.39, 0.29) is 0 Å². The molecule has 0 fully saturated rings. The van der Waals surface area contributed by atoms with E-state index < -0.39 is 0 Å². The predicted molar refractivity (Wildman–Crippen MR) is 85.7 cm³/mol. The molecule has 0 radical (unpaired) electrons. The fourth-order valence-corrected chi connectivity index (χ4v) is 2.08. The zero-order valence-electron chi connectivity index (χ0n) is 11.9. The van der Waals surface area contributed by atoms with E-state index in [1.165, 1.54) is 17.5 Å². The standard InChI is InChI=1S/C19H22O/c1-3-10-18(11-4-1)14-7-8-16-20-17-9-15-19-12-5-2-6-13-19/h1-6,9-13,15H,7-8,14,16-17H2/b15-9+. The molecule has 104 valence electrons. The summed E-state index contributed by atoms with van der Waals surface area (Å²) < 4.78 is 5.61. The number of ether oxygens (including phenoxy) is 1. The molecule has 2 aromatic carbocycles. The van der Waals surface area contributed by atoms with Crippen LogP contribution in [0.2, 0.25) is 0 Å². The van der Waals surface area contributed by atoms with Gasteiger partial charge in [-0.1, -0.05) is 72.8 Å².